The molecule has 2 rings (SSSR count). The molecule has 1 aromatic carbocycles. The lowest BCUT2D eigenvalue weighted by Crippen LogP contribution is -2.27. The van der Waals surface area contributed by atoms with Crippen LogP contribution in [0.25, 0.3) is 0 Å². The average Bonchev–Trinajstić information content (AvgIpc) is 2.91. The van der Waals surface area contributed by atoms with Gasteiger partial charge in [0.15, 0.2) is 0 Å². The van der Waals surface area contributed by atoms with E-state index < -0.39 is 10.0 Å². The Morgan fingerprint density at radius 1 is 1.40 bits per heavy atom. The van der Waals surface area contributed by atoms with Crippen molar-refractivity contribution >= 4 is 15.7 Å². The van der Waals surface area contributed by atoms with Gasteiger partial charge in [-0.3, -0.25) is 5.10 Å². The number of nitrogen functional groups attached to an aromatic ring is 1. The number of hydrogen-bond donors (Lipinski definition) is 3. The first-order valence-electron chi connectivity index (χ1n) is 6.25. The van der Waals surface area contributed by atoms with Crippen LogP contribution in [-0.4, -0.2) is 30.1 Å². The first kappa shape index (κ1) is 14.5. The lowest BCUT2D eigenvalue weighted by molar-refractivity contribution is 0.580. The van der Waals surface area contributed by atoms with E-state index >= 15 is 0 Å². The van der Waals surface area contributed by atoms with Crippen molar-refractivity contribution in [2.75, 3.05) is 12.3 Å². The number of nitrogens with one attached hydrogen (secondary N) is 2. The molecule has 0 aliphatic rings. The van der Waals surface area contributed by atoms with E-state index in [2.05, 4.69) is 19.9 Å². The predicted molar refractivity (Wildman–Crippen MR) is 75.5 cm³/mol. The lowest BCUT2D eigenvalue weighted by atomic mass is 10.1. The molecule has 8 heteroatoms. The van der Waals surface area contributed by atoms with Crippen LogP contribution in [-0.2, 0) is 22.9 Å². The van der Waals surface area contributed by atoms with Gasteiger partial charge in [-0.05, 0) is 24.1 Å². The zero-order chi connectivity index (χ0) is 14.6. The number of anilines is 1. The SMILES string of the molecule is CCc1ccc(N)cc1S(=O)(=O)NCCc1ncn[nH]1. The lowest BCUT2D eigenvalue weighted by Gasteiger charge is -2.11. The van der Waals surface area contributed by atoms with Gasteiger partial charge in [-0.2, -0.15) is 5.10 Å². The Bertz CT molecular complexity index is 667. The van der Waals surface area contributed by atoms with Crippen molar-refractivity contribution in [1.82, 2.24) is 19.9 Å². The van der Waals surface area contributed by atoms with Crippen molar-refractivity contribution in [2.24, 2.45) is 0 Å². The zero-order valence-corrected chi connectivity index (χ0v) is 11.9. The fourth-order valence-electron chi connectivity index (χ4n) is 1.85. The minimum absolute atomic E-state index is 0.234. The van der Waals surface area contributed by atoms with Gasteiger partial charge in [0.1, 0.15) is 12.2 Å². The number of rotatable bonds is 6. The smallest absolute Gasteiger partial charge is 0.240 e. The average molecular weight is 295 g/mol. The van der Waals surface area contributed by atoms with Gasteiger partial charge in [0, 0.05) is 18.7 Å². The van der Waals surface area contributed by atoms with Crippen LogP contribution < -0.4 is 10.5 Å². The first-order chi connectivity index (χ1) is 9.53. The molecule has 0 amide bonds. The summed E-state index contributed by atoms with van der Waals surface area (Å²) in [6.07, 6.45) is 2.46. The molecule has 0 radical (unpaired) electrons. The highest BCUT2D eigenvalue weighted by molar-refractivity contribution is 7.89. The molecular formula is C12H17N5O2S. The number of benzene rings is 1. The molecule has 1 heterocycles. The fraction of sp³-hybridized carbons (Fsp3) is 0.333. The molecule has 0 fully saturated rings. The quantitative estimate of drug-likeness (QED) is 0.670. The molecule has 0 saturated carbocycles. The second-order valence-electron chi connectivity index (χ2n) is 4.30. The minimum atomic E-state index is -3.57. The number of aromatic nitrogens is 3. The van der Waals surface area contributed by atoms with Crippen molar-refractivity contribution < 1.29 is 8.42 Å². The van der Waals surface area contributed by atoms with Gasteiger partial charge < -0.3 is 5.73 Å². The molecule has 2 aromatic rings. The summed E-state index contributed by atoms with van der Waals surface area (Å²) >= 11 is 0. The van der Waals surface area contributed by atoms with E-state index in [0.717, 1.165) is 5.56 Å². The van der Waals surface area contributed by atoms with Gasteiger partial charge in [0.2, 0.25) is 10.0 Å². The van der Waals surface area contributed by atoms with Crippen molar-refractivity contribution in [2.45, 2.75) is 24.7 Å². The van der Waals surface area contributed by atoms with Crippen molar-refractivity contribution in [3.05, 3.63) is 35.9 Å². The van der Waals surface area contributed by atoms with Gasteiger partial charge in [0.05, 0.1) is 4.90 Å². The molecule has 0 spiro atoms. The van der Waals surface area contributed by atoms with Gasteiger partial charge >= 0.3 is 0 Å². The maximum Gasteiger partial charge on any atom is 0.240 e. The Morgan fingerprint density at radius 2 is 2.20 bits per heavy atom. The van der Waals surface area contributed by atoms with Gasteiger partial charge in [-0.1, -0.05) is 13.0 Å². The van der Waals surface area contributed by atoms with Crippen LogP contribution in [0.3, 0.4) is 0 Å². The van der Waals surface area contributed by atoms with E-state index in [-0.39, 0.29) is 11.4 Å². The first-order valence-corrected chi connectivity index (χ1v) is 7.73. The normalized spacial score (nSPS) is 11.7. The third-order valence-corrected chi connectivity index (χ3v) is 4.42. The summed E-state index contributed by atoms with van der Waals surface area (Å²) in [6, 6.07) is 4.92. The van der Waals surface area contributed by atoms with E-state index in [0.29, 0.717) is 24.4 Å². The van der Waals surface area contributed by atoms with Crippen LogP contribution in [0.4, 0.5) is 5.69 Å². The molecule has 108 valence electrons. The minimum Gasteiger partial charge on any atom is -0.399 e. The summed E-state index contributed by atoms with van der Waals surface area (Å²) in [7, 11) is -3.57. The summed E-state index contributed by atoms with van der Waals surface area (Å²) < 4.78 is 27.1. The molecular weight excluding hydrogens is 278 g/mol. The van der Waals surface area contributed by atoms with Crippen LogP contribution in [0, 0.1) is 0 Å². The number of nitrogens with zero attached hydrogens (tertiary/aromatic N) is 2. The molecule has 0 bridgehead atoms. The number of sulfonamides is 1. The van der Waals surface area contributed by atoms with Crippen LogP contribution in [0.15, 0.2) is 29.4 Å². The Hall–Kier alpha value is -1.93. The summed E-state index contributed by atoms with van der Waals surface area (Å²) in [6.45, 7) is 2.15. The molecule has 0 atom stereocenters. The Kier molecular flexibility index (Phi) is 4.35. The third-order valence-electron chi connectivity index (χ3n) is 2.88. The Morgan fingerprint density at radius 3 is 2.85 bits per heavy atom. The van der Waals surface area contributed by atoms with E-state index in [1.807, 2.05) is 6.92 Å². The monoisotopic (exact) mass is 295 g/mol. The highest BCUT2D eigenvalue weighted by atomic mass is 32.2. The predicted octanol–water partition coefficient (Wildman–Crippen LogP) is 0.470. The summed E-state index contributed by atoms with van der Waals surface area (Å²) in [4.78, 5) is 4.17. The highest BCUT2D eigenvalue weighted by Gasteiger charge is 2.17. The fourth-order valence-corrected chi connectivity index (χ4v) is 3.22. The number of hydrogen-bond acceptors (Lipinski definition) is 5. The van der Waals surface area contributed by atoms with Crippen LogP contribution in [0.2, 0.25) is 0 Å². The van der Waals surface area contributed by atoms with E-state index in [9.17, 15) is 8.42 Å². The van der Waals surface area contributed by atoms with Gasteiger partial charge in [-0.15, -0.1) is 0 Å². The second kappa shape index (κ2) is 6.02. The highest BCUT2D eigenvalue weighted by Crippen LogP contribution is 2.19. The third kappa shape index (κ3) is 3.34. The molecule has 1 aromatic heterocycles. The number of nitrogens with two attached hydrogens (primary N) is 1. The van der Waals surface area contributed by atoms with Crippen LogP contribution in [0.1, 0.15) is 18.3 Å². The summed E-state index contributed by atoms with van der Waals surface area (Å²) in [5, 5.41) is 6.38. The molecule has 0 aliphatic heterocycles. The van der Waals surface area contributed by atoms with E-state index in [4.69, 9.17) is 5.73 Å². The van der Waals surface area contributed by atoms with Crippen molar-refractivity contribution in [1.29, 1.82) is 0 Å². The largest absolute Gasteiger partial charge is 0.399 e. The molecule has 0 aliphatic carbocycles. The second-order valence-corrected chi connectivity index (χ2v) is 6.04. The zero-order valence-electron chi connectivity index (χ0n) is 11.1. The standard InChI is InChI=1S/C12H17N5O2S/c1-2-9-3-4-10(13)7-11(9)20(18,19)16-6-5-12-14-8-15-17-12/h3-4,7-8,16H,2,5-6,13H2,1H3,(H,14,15,17). The topological polar surface area (TPSA) is 114 Å². The molecule has 7 nitrogen and oxygen atoms in total. The molecule has 4 N–H and O–H groups in total. The maximum atomic E-state index is 12.3. The molecule has 20 heavy (non-hydrogen) atoms. The Labute approximate surface area is 117 Å². The van der Waals surface area contributed by atoms with Crippen molar-refractivity contribution in [3.8, 4) is 0 Å². The van der Waals surface area contributed by atoms with Crippen LogP contribution >= 0.6 is 0 Å². The van der Waals surface area contributed by atoms with Gasteiger partial charge in [-0.25, -0.2) is 18.1 Å². The number of aromatic amines is 1. The summed E-state index contributed by atoms with van der Waals surface area (Å²) in [5.41, 5.74) is 6.84. The number of aryl methyl sites for hydroxylation is 1. The van der Waals surface area contributed by atoms with Gasteiger partial charge in [0.25, 0.3) is 0 Å². The van der Waals surface area contributed by atoms with E-state index in [1.54, 1.807) is 12.1 Å². The Balaban J connectivity index is 2.11. The van der Waals surface area contributed by atoms with Crippen LogP contribution in [0.5, 0.6) is 0 Å². The van der Waals surface area contributed by atoms with Crippen molar-refractivity contribution in [3.63, 3.8) is 0 Å². The van der Waals surface area contributed by atoms with E-state index in [1.165, 1.54) is 12.4 Å². The molecule has 0 saturated heterocycles. The number of H-pyrrole nitrogens is 1. The maximum absolute atomic E-state index is 12.3. The summed E-state index contributed by atoms with van der Waals surface area (Å²) in [5.74, 6) is 0.635. The molecule has 0 unspecified atom stereocenters.